The zero-order valence-corrected chi connectivity index (χ0v) is 14.4. The summed E-state index contributed by atoms with van der Waals surface area (Å²) in [6.45, 7) is 0. The Morgan fingerprint density at radius 2 is 1.07 bits per heavy atom. The van der Waals surface area contributed by atoms with E-state index in [9.17, 15) is 26.3 Å². The molecule has 0 aromatic heterocycles. The third kappa shape index (κ3) is 3.81. The van der Waals surface area contributed by atoms with Crippen molar-refractivity contribution in [3.05, 3.63) is 107 Å². The maximum absolute atomic E-state index is 14.7. The Labute approximate surface area is 157 Å². The van der Waals surface area contributed by atoms with E-state index in [2.05, 4.69) is 0 Å². The number of rotatable bonds is 4. The van der Waals surface area contributed by atoms with Crippen molar-refractivity contribution in [2.24, 2.45) is 0 Å². The van der Waals surface area contributed by atoms with E-state index >= 15 is 0 Å². The van der Waals surface area contributed by atoms with Gasteiger partial charge in [0.2, 0.25) is 0 Å². The molecule has 0 heterocycles. The van der Waals surface area contributed by atoms with Crippen molar-refractivity contribution < 1.29 is 26.3 Å². The summed E-state index contributed by atoms with van der Waals surface area (Å²) in [6.07, 6.45) is -5.83. The first-order chi connectivity index (χ1) is 13.2. The predicted molar refractivity (Wildman–Crippen MR) is 96.2 cm³/mol. The molecule has 28 heavy (non-hydrogen) atoms. The molecule has 144 valence electrons. The molecule has 3 aromatic rings. The third-order valence-corrected chi connectivity index (χ3v) is 4.16. The van der Waals surface area contributed by atoms with Crippen molar-refractivity contribution in [3.8, 4) is 0 Å². The number of alkyl halides is 5. The zero-order chi connectivity index (χ0) is 20.4. The number of allylic oxidation sites excluding steroid dienone is 1. The lowest BCUT2D eigenvalue weighted by molar-refractivity contribution is -0.253. The number of benzene rings is 3. The van der Waals surface area contributed by atoms with Gasteiger partial charge in [-0.3, -0.25) is 0 Å². The highest BCUT2D eigenvalue weighted by atomic mass is 19.4. The minimum Gasteiger partial charge on any atom is -0.207 e. The van der Waals surface area contributed by atoms with E-state index in [0.29, 0.717) is 0 Å². The summed E-state index contributed by atoms with van der Waals surface area (Å²) < 4.78 is 83.4. The first kappa shape index (κ1) is 19.7. The fourth-order valence-corrected chi connectivity index (χ4v) is 2.93. The highest BCUT2D eigenvalue weighted by Crippen LogP contribution is 2.49. The maximum Gasteiger partial charge on any atom is 0.458 e. The van der Waals surface area contributed by atoms with Gasteiger partial charge in [-0.2, -0.15) is 22.0 Å². The minimum absolute atomic E-state index is 0.0750. The van der Waals surface area contributed by atoms with Crippen LogP contribution in [0.5, 0.6) is 0 Å². The maximum atomic E-state index is 14.7. The van der Waals surface area contributed by atoms with E-state index in [0.717, 1.165) is 12.1 Å². The van der Waals surface area contributed by atoms with Gasteiger partial charge in [-0.05, 0) is 34.4 Å². The van der Waals surface area contributed by atoms with E-state index in [1.165, 1.54) is 66.7 Å². The molecule has 0 N–H and O–H groups in total. The van der Waals surface area contributed by atoms with Crippen molar-refractivity contribution in [2.45, 2.75) is 12.1 Å². The first-order valence-corrected chi connectivity index (χ1v) is 8.28. The molecule has 0 fully saturated rings. The van der Waals surface area contributed by atoms with E-state index in [1.807, 2.05) is 0 Å². The quantitative estimate of drug-likeness (QED) is 0.332. The van der Waals surface area contributed by atoms with Gasteiger partial charge in [0.25, 0.3) is 0 Å². The molecule has 0 aliphatic rings. The fourth-order valence-electron chi connectivity index (χ4n) is 2.93. The Kier molecular flexibility index (Phi) is 5.31. The molecule has 3 rings (SSSR count). The van der Waals surface area contributed by atoms with Crippen LogP contribution < -0.4 is 0 Å². The van der Waals surface area contributed by atoms with E-state index in [4.69, 9.17) is 0 Å². The van der Waals surface area contributed by atoms with Crippen molar-refractivity contribution in [3.63, 3.8) is 0 Å². The van der Waals surface area contributed by atoms with Crippen LogP contribution in [-0.2, 0) is 0 Å². The highest BCUT2D eigenvalue weighted by molar-refractivity contribution is 6.01. The average molecular weight is 392 g/mol. The van der Waals surface area contributed by atoms with Crippen LogP contribution in [0.3, 0.4) is 0 Å². The molecule has 3 aromatic carbocycles. The Hall–Kier alpha value is -3.02. The summed E-state index contributed by atoms with van der Waals surface area (Å²) in [4.78, 5) is 0. The molecular weight excluding hydrogens is 378 g/mol. The van der Waals surface area contributed by atoms with Crippen molar-refractivity contribution in [1.29, 1.82) is 0 Å². The van der Waals surface area contributed by atoms with Crippen LogP contribution in [0, 0.1) is 5.82 Å². The number of hydrogen-bond donors (Lipinski definition) is 0. The average Bonchev–Trinajstić information content (AvgIpc) is 2.66. The third-order valence-electron chi connectivity index (χ3n) is 4.16. The van der Waals surface area contributed by atoms with Crippen LogP contribution in [0.1, 0.15) is 16.7 Å². The lowest BCUT2D eigenvalue weighted by Crippen LogP contribution is -2.38. The molecule has 0 bridgehead atoms. The molecule has 6 heteroatoms. The summed E-state index contributed by atoms with van der Waals surface area (Å²) in [5, 5.41) is 0. The van der Waals surface area contributed by atoms with E-state index in [1.54, 1.807) is 6.07 Å². The predicted octanol–water partition coefficient (Wildman–Crippen LogP) is 6.98. The molecule has 0 nitrogen and oxygen atoms in total. The summed E-state index contributed by atoms with van der Waals surface area (Å²) in [5.74, 6) is -5.90. The van der Waals surface area contributed by atoms with E-state index < -0.39 is 23.5 Å². The van der Waals surface area contributed by atoms with Crippen LogP contribution in [0.25, 0.3) is 11.1 Å². The van der Waals surface area contributed by atoms with Gasteiger partial charge < -0.3 is 0 Å². The second kappa shape index (κ2) is 7.54. The zero-order valence-electron chi connectivity index (χ0n) is 14.4. The van der Waals surface area contributed by atoms with Crippen molar-refractivity contribution in [1.82, 2.24) is 0 Å². The molecule has 0 atom stereocenters. The molecule has 0 radical (unpaired) electrons. The van der Waals surface area contributed by atoms with Crippen LogP contribution >= 0.6 is 0 Å². The van der Waals surface area contributed by atoms with Crippen LogP contribution in [0.4, 0.5) is 26.3 Å². The second-order valence-electron chi connectivity index (χ2n) is 6.06. The van der Waals surface area contributed by atoms with Gasteiger partial charge in [-0.1, -0.05) is 72.8 Å². The molecular formula is C22H14F6. The Morgan fingerprint density at radius 3 is 1.57 bits per heavy atom. The molecule has 0 aliphatic heterocycles. The summed E-state index contributed by atoms with van der Waals surface area (Å²) in [6, 6.07) is 18.7. The summed E-state index contributed by atoms with van der Waals surface area (Å²) >= 11 is 0. The molecule has 0 saturated carbocycles. The van der Waals surface area contributed by atoms with Gasteiger partial charge in [0.05, 0.1) is 0 Å². The number of halogens is 6. The number of hydrogen-bond acceptors (Lipinski definition) is 0. The van der Waals surface area contributed by atoms with E-state index in [-0.39, 0.29) is 22.3 Å². The normalized spacial score (nSPS) is 13.2. The fraction of sp³-hybridized carbons (Fsp3) is 0.0909. The molecule has 0 saturated heterocycles. The standard InChI is InChI=1S/C22H14F6/c23-18-13-7-12-17(14-18)19(15-8-3-1-4-9-15)20(16-10-5-2-6-11-16)21(24,25)22(26,27)28/h1-14H/b20-19+. The summed E-state index contributed by atoms with van der Waals surface area (Å²) in [5.41, 5.74) is -1.86. The van der Waals surface area contributed by atoms with Gasteiger partial charge in [-0.25, -0.2) is 4.39 Å². The van der Waals surface area contributed by atoms with Crippen LogP contribution in [0.15, 0.2) is 84.9 Å². The van der Waals surface area contributed by atoms with Gasteiger partial charge in [0, 0.05) is 5.57 Å². The first-order valence-electron chi connectivity index (χ1n) is 8.28. The Morgan fingerprint density at radius 1 is 0.571 bits per heavy atom. The lowest BCUT2D eigenvalue weighted by Gasteiger charge is -2.26. The molecule has 0 unspecified atom stereocenters. The Balaban J connectivity index is 2.47. The summed E-state index contributed by atoms with van der Waals surface area (Å²) in [7, 11) is 0. The smallest absolute Gasteiger partial charge is 0.207 e. The molecule has 0 aliphatic carbocycles. The SMILES string of the molecule is Fc1cccc(/C(=C(\c2ccccc2)C(F)(F)C(F)(F)F)c2ccccc2)c1. The lowest BCUT2D eigenvalue weighted by atomic mass is 9.86. The topological polar surface area (TPSA) is 0 Å². The minimum atomic E-state index is -5.83. The van der Waals surface area contributed by atoms with Gasteiger partial charge in [0.1, 0.15) is 5.82 Å². The van der Waals surface area contributed by atoms with Gasteiger partial charge >= 0.3 is 12.1 Å². The second-order valence-corrected chi connectivity index (χ2v) is 6.06. The van der Waals surface area contributed by atoms with Crippen LogP contribution in [0.2, 0.25) is 0 Å². The van der Waals surface area contributed by atoms with Crippen molar-refractivity contribution >= 4 is 11.1 Å². The van der Waals surface area contributed by atoms with Crippen LogP contribution in [-0.4, -0.2) is 12.1 Å². The molecule has 0 amide bonds. The monoisotopic (exact) mass is 392 g/mol. The van der Waals surface area contributed by atoms with Gasteiger partial charge in [-0.15, -0.1) is 0 Å². The molecule has 0 spiro atoms. The van der Waals surface area contributed by atoms with Crippen molar-refractivity contribution in [2.75, 3.05) is 0 Å². The highest BCUT2D eigenvalue weighted by Gasteiger charge is 2.61. The Bertz CT molecular complexity index is 973. The van der Waals surface area contributed by atoms with Gasteiger partial charge in [0.15, 0.2) is 0 Å². The largest absolute Gasteiger partial charge is 0.458 e.